The first-order valence-electron chi connectivity index (χ1n) is 11.3. The summed E-state index contributed by atoms with van der Waals surface area (Å²) in [6.45, 7) is 5.06. The van der Waals surface area contributed by atoms with Crippen LogP contribution in [0.1, 0.15) is 52.7 Å². The van der Waals surface area contributed by atoms with Gasteiger partial charge in [-0.15, -0.1) is 11.3 Å². The molecule has 2 aliphatic heterocycles. The van der Waals surface area contributed by atoms with E-state index in [-0.39, 0.29) is 11.4 Å². The van der Waals surface area contributed by atoms with E-state index in [0.717, 1.165) is 75.5 Å². The second-order valence-corrected chi connectivity index (χ2v) is 9.45. The number of aromatic nitrogens is 1. The van der Waals surface area contributed by atoms with E-state index in [1.807, 2.05) is 4.90 Å². The summed E-state index contributed by atoms with van der Waals surface area (Å²) in [5, 5.41) is 5.32. The molecule has 1 aromatic carbocycles. The minimum atomic E-state index is -4.48. The number of piperidine rings is 1. The normalized spacial score (nSPS) is 18.1. The first-order valence-corrected chi connectivity index (χ1v) is 12.2. The lowest BCUT2D eigenvalue weighted by Crippen LogP contribution is -2.35. The molecule has 33 heavy (non-hydrogen) atoms. The van der Waals surface area contributed by atoms with Crippen molar-refractivity contribution in [2.75, 3.05) is 56.7 Å². The summed E-state index contributed by atoms with van der Waals surface area (Å²) in [4.78, 5) is 21.8. The van der Waals surface area contributed by atoms with Crippen molar-refractivity contribution in [3.8, 4) is 0 Å². The molecule has 6 nitrogen and oxygen atoms in total. The predicted molar refractivity (Wildman–Crippen MR) is 123 cm³/mol. The van der Waals surface area contributed by atoms with Crippen LogP contribution in [0.4, 0.5) is 24.5 Å². The average molecular weight is 483 g/mol. The fourth-order valence-electron chi connectivity index (χ4n) is 4.44. The molecule has 10 heteroatoms. The van der Waals surface area contributed by atoms with Gasteiger partial charge in [0.1, 0.15) is 5.69 Å². The molecule has 4 rings (SSSR count). The van der Waals surface area contributed by atoms with Gasteiger partial charge in [-0.2, -0.15) is 13.2 Å². The fraction of sp³-hybridized carbons (Fsp3) is 0.565. The van der Waals surface area contributed by atoms with Gasteiger partial charge in [0.15, 0.2) is 0 Å². The van der Waals surface area contributed by atoms with Crippen molar-refractivity contribution < 1.29 is 22.7 Å². The van der Waals surface area contributed by atoms with Crippen LogP contribution in [0.15, 0.2) is 23.6 Å². The molecule has 1 aromatic heterocycles. The Labute approximate surface area is 195 Å². The lowest BCUT2D eigenvalue weighted by atomic mass is 9.97. The minimum absolute atomic E-state index is 0.178. The lowest BCUT2D eigenvalue weighted by molar-refractivity contribution is -0.137. The molecule has 0 atom stereocenters. The maximum atomic E-state index is 13.3. The second-order valence-electron chi connectivity index (χ2n) is 8.56. The Balaban J connectivity index is 1.46. The van der Waals surface area contributed by atoms with Crippen LogP contribution in [0.2, 0.25) is 0 Å². The molecule has 0 unspecified atom stereocenters. The van der Waals surface area contributed by atoms with Gasteiger partial charge in [-0.25, -0.2) is 4.98 Å². The highest BCUT2D eigenvalue weighted by molar-refractivity contribution is 7.10. The number of carbonyl (C=O) groups excluding carboxylic acids is 1. The maximum Gasteiger partial charge on any atom is 0.416 e. The van der Waals surface area contributed by atoms with Gasteiger partial charge in [0, 0.05) is 38.0 Å². The van der Waals surface area contributed by atoms with Crippen LogP contribution in [0.5, 0.6) is 0 Å². The van der Waals surface area contributed by atoms with Gasteiger partial charge in [-0.05, 0) is 57.0 Å². The smallest absolute Gasteiger partial charge is 0.383 e. The molecule has 2 saturated heterocycles. The molecule has 3 heterocycles. The summed E-state index contributed by atoms with van der Waals surface area (Å²) < 4.78 is 45.0. The van der Waals surface area contributed by atoms with E-state index >= 15 is 0 Å². The maximum absolute atomic E-state index is 13.3. The van der Waals surface area contributed by atoms with Crippen LogP contribution in [-0.2, 0) is 10.9 Å². The van der Waals surface area contributed by atoms with Crippen molar-refractivity contribution in [2.45, 2.75) is 37.8 Å². The number of thiazole rings is 1. The standard InChI is InChI=1S/C23H29F3N4O2S/c1-32-13-12-29-10-6-16(7-11-29)22-28-19(15-33-22)21(31)27-18-14-17(23(24,25)26)4-5-20(18)30-8-2-3-9-30/h4-5,14-16H,2-3,6-13H2,1H3,(H,27,31). The number of amides is 1. The summed E-state index contributed by atoms with van der Waals surface area (Å²) in [6, 6.07) is 3.55. The number of rotatable bonds is 7. The average Bonchev–Trinajstić information content (AvgIpc) is 3.50. The number of anilines is 2. The number of likely N-dealkylation sites (tertiary alicyclic amines) is 1. The summed E-state index contributed by atoms with van der Waals surface area (Å²) >= 11 is 1.45. The van der Waals surface area contributed by atoms with Crippen LogP contribution >= 0.6 is 11.3 Å². The Morgan fingerprint density at radius 2 is 1.94 bits per heavy atom. The second kappa shape index (κ2) is 10.4. The van der Waals surface area contributed by atoms with Crippen molar-refractivity contribution in [1.29, 1.82) is 0 Å². The van der Waals surface area contributed by atoms with E-state index in [1.165, 1.54) is 17.4 Å². The zero-order valence-corrected chi connectivity index (χ0v) is 19.5. The van der Waals surface area contributed by atoms with E-state index in [1.54, 1.807) is 12.5 Å². The number of ether oxygens (including phenoxy) is 1. The van der Waals surface area contributed by atoms with Crippen LogP contribution in [-0.4, -0.2) is 62.2 Å². The van der Waals surface area contributed by atoms with E-state index in [4.69, 9.17) is 4.74 Å². The van der Waals surface area contributed by atoms with Gasteiger partial charge >= 0.3 is 6.18 Å². The van der Waals surface area contributed by atoms with E-state index < -0.39 is 17.6 Å². The molecule has 180 valence electrons. The number of carbonyl (C=O) groups is 1. The number of nitrogens with one attached hydrogen (secondary N) is 1. The topological polar surface area (TPSA) is 57.7 Å². The first-order chi connectivity index (χ1) is 15.8. The molecule has 2 aliphatic rings. The summed E-state index contributed by atoms with van der Waals surface area (Å²) in [7, 11) is 1.70. The van der Waals surface area contributed by atoms with Crippen molar-refractivity contribution in [3.05, 3.63) is 39.8 Å². The van der Waals surface area contributed by atoms with Crippen molar-refractivity contribution >= 4 is 28.6 Å². The predicted octanol–water partition coefficient (Wildman–Crippen LogP) is 4.84. The lowest BCUT2D eigenvalue weighted by Gasteiger charge is -2.30. The third-order valence-corrected chi connectivity index (χ3v) is 7.33. The van der Waals surface area contributed by atoms with Crippen molar-refractivity contribution in [3.63, 3.8) is 0 Å². The van der Waals surface area contributed by atoms with Gasteiger partial charge in [-0.3, -0.25) is 4.79 Å². The molecule has 1 N–H and O–H groups in total. The largest absolute Gasteiger partial charge is 0.416 e. The van der Waals surface area contributed by atoms with E-state index in [0.29, 0.717) is 18.2 Å². The van der Waals surface area contributed by atoms with E-state index in [9.17, 15) is 18.0 Å². The molecule has 2 aromatic rings. The van der Waals surface area contributed by atoms with Crippen LogP contribution in [0, 0.1) is 0 Å². The molecule has 0 bridgehead atoms. The van der Waals surface area contributed by atoms with Crippen LogP contribution < -0.4 is 10.2 Å². The molecule has 0 aliphatic carbocycles. The summed E-state index contributed by atoms with van der Waals surface area (Å²) in [6.07, 6.45) is -0.590. The third-order valence-electron chi connectivity index (χ3n) is 6.32. The van der Waals surface area contributed by atoms with Crippen molar-refractivity contribution in [1.82, 2.24) is 9.88 Å². The fourth-order valence-corrected chi connectivity index (χ4v) is 5.41. The Morgan fingerprint density at radius 1 is 1.21 bits per heavy atom. The molecule has 1 amide bonds. The molecule has 0 spiro atoms. The minimum Gasteiger partial charge on any atom is -0.383 e. The summed E-state index contributed by atoms with van der Waals surface area (Å²) in [5.41, 5.74) is 0.270. The zero-order valence-electron chi connectivity index (χ0n) is 18.7. The highest BCUT2D eigenvalue weighted by Crippen LogP contribution is 2.37. The molecule has 0 radical (unpaired) electrons. The number of hydrogen-bond donors (Lipinski definition) is 1. The molecule has 2 fully saturated rings. The first kappa shape index (κ1) is 24.0. The quantitative estimate of drug-likeness (QED) is 0.612. The van der Waals surface area contributed by atoms with Crippen LogP contribution in [0.3, 0.4) is 0 Å². The number of hydrogen-bond acceptors (Lipinski definition) is 6. The number of benzene rings is 1. The number of nitrogens with zero attached hydrogens (tertiary/aromatic N) is 3. The number of alkyl halides is 3. The number of halogens is 3. The Kier molecular flexibility index (Phi) is 7.55. The highest BCUT2D eigenvalue weighted by atomic mass is 32.1. The van der Waals surface area contributed by atoms with Gasteiger partial charge in [0.25, 0.3) is 5.91 Å². The van der Waals surface area contributed by atoms with Crippen molar-refractivity contribution in [2.24, 2.45) is 0 Å². The molecule has 0 saturated carbocycles. The van der Waals surface area contributed by atoms with Gasteiger partial charge in [-0.1, -0.05) is 0 Å². The number of methoxy groups -OCH3 is 1. The van der Waals surface area contributed by atoms with Gasteiger partial charge < -0.3 is 19.9 Å². The zero-order chi connectivity index (χ0) is 23.4. The van der Waals surface area contributed by atoms with Gasteiger partial charge in [0.05, 0.1) is 28.6 Å². The Bertz CT molecular complexity index is 951. The van der Waals surface area contributed by atoms with Gasteiger partial charge in [0.2, 0.25) is 0 Å². The molecular weight excluding hydrogens is 453 g/mol. The Morgan fingerprint density at radius 3 is 2.61 bits per heavy atom. The molecular formula is C23H29F3N4O2S. The van der Waals surface area contributed by atoms with Crippen LogP contribution in [0.25, 0.3) is 0 Å². The monoisotopic (exact) mass is 482 g/mol. The summed E-state index contributed by atoms with van der Waals surface area (Å²) in [5.74, 6) is -0.182. The third kappa shape index (κ3) is 5.85. The highest BCUT2D eigenvalue weighted by Gasteiger charge is 2.32. The van der Waals surface area contributed by atoms with E-state index in [2.05, 4.69) is 15.2 Å². The SMILES string of the molecule is COCCN1CCC(c2nc(C(=O)Nc3cc(C(F)(F)F)ccc3N3CCCC3)cs2)CC1. The Hall–Kier alpha value is -2.17.